The zero-order chi connectivity index (χ0) is 15.1. The molecule has 0 aliphatic heterocycles. The summed E-state index contributed by atoms with van der Waals surface area (Å²) in [5, 5.41) is 2.98. The first-order chi connectivity index (χ1) is 9.43. The highest BCUT2D eigenvalue weighted by Crippen LogP contribution is 2.31. The Bertz CT molecular complexity index is 484. The maximum atomic E-state index is 11.5. The molecule has 1 rings (SSSR count). The summed E-state index contributed by atoms with van der Waals surface area (Å²) in [6.07, 6.45) is 0.125. The molecular formula is C13H15BrClNO4. The Labute approximate surface area is 130 Å². The molecule has 7 heteroatoms. The maximum Gasteiger partial charge on any atom is 0.307 e. The Morgan fingerprint density at radius 2 is 2.10 bits per heavy atom. The monoisotopic (exact) mass is 363 g/mol. The summed E-state index contributed by atoms with van der Waals surface area (Å²) in [6.45, 7) is 1.88. The maximum absolute atomic E-state index is 11.5. The number of carbonyl (C=O) groups excluding carboxylic acids is 2. The first kappa shape index (κ1) is 16.8. The van der Waals surface area contributed by atoms with Crippen LogP contribution < -0.4 is 10.1 Å². The zero-order valence-electron chi connectivity index (χ0n) is 11.2. The lowest BCUT2D eigenvalue weighted by Gasteiger charge is -2.11. The number of hydrogen-bond donors (Lipinski definition) is 1. The third-order valence-corrected chi connectivity index (χ3v) is 3.16. The predicted octanol–water partition coefficient (Wildman–Crippen LogP) is 2.47. The van der Waals surface area contributed by atoms with E-state index in [9.17, 15) is 9.59 Å². The van der Waals surface area contributed by atoms with Gasteiger partial charge in [-0.25, -0.2) is 0 Å². The fourth-order valence-corrected chi connectivity index (χ4v) is 2.49. The number of methoxy groups -OCH3 is 1. The van der Waals surface area contributed by atoms with E-state index in [4.69, 9.17) is 16.3 Å². The molecule has 0 aliphatic rings. The lowest BCUT2D eigenvalue weighted by atomic mass is 10.2. The predicted molar refractivity (Wildman–Crippen MR) is 79.0 cm³/mol. The summed E-state index contributed by atoms with van der Waals surface area (Å²) in [6, 6.07) is 3.54. The van der Waals surface area contributed by atoms with Crippen LogP contribution in [0.5, 0.6) is 5.75 Å². The van der Waals surface area contributed by atoms with Crippen molar-refractivity contribution in [3.05, 3.63) is 27.2 Å². The molecule has 5 nitrogen and oxygen atoms in total. The van der Waals surface area contributed by atoms with Crippen LogP contribution in [0.2, 0.25) is 5.02 Å². The van der Waals surface area contributed by atoms with Crippen molar-refractivity contribution in [3.63, 3.8) is 0 Å². The van der Waals surface area contributed by atoms with Gasteiger partial charge in [0.15, 0.2) is 6.61 Å². The minimum absolute atomic E-state index is 0.125. The summed E-state index contributed by atoms with van der Waals surface area (Å²) in [4.78, 5) is 22.4. The third-order valence-electron chi connectivity index (χ3n) is 2.42. The average molecular weight is 365 g/mol. The van der Waals surface area contributed by atoms with Crippen LogP contribution >= 0.6 is 27.5 Å². The standard InChI is InChI=1S/C13H15BrClNO4/c1-8-5-9(14)6-10(15)13(8)20-7-11(17)16-4-3-12(18)19-2/h5-6H,3-4,7H2,1-2H3,(H,16,17). The van der Waals surface area contributed by atoms with Crippen LogP contribution in [0.15, 0.2) is 16.6 Å². The van der Waals surface area contributed by atoms with Gasteiger partial charge in [-0.1, -0.05) is 27.5 Å². The van der Waals surface area contributed by atoms with E-state index in [0.29, 0.717) is 10.8 Å². The number of nitrogens with one attached hydrogen (secondary N) is 1. The van der Waals surface area contributed by atoms with E-state index < -0.39 is 0 Å². The molecule has 0 spiro atoms. The van der Waals surface area contributed by atoms with Crippen LogP contribution in [0.3, 0.4) is 0 Å². The number of aryl methyl sites for hydroxylation is 1. The summed E-state index contributed by atoms with van der Waals surface area (Å²) in [5.74, 6) is -0.233. The first-order valence-electron chi connectivity index (χ1n) is 5.86. The molecule has 20 heavy (non-hydrogen) atoms. The molecule has 0 heterocycles. The van der Waals surface area contributed by atoms with E-state index in [1.54, 1.807) is 6.07 Å². The van der Waals surface area contributed by atoms with Crippen LogP contribution in [0.25, 0.3) is 0 Å². The Morgan fingerprint density at radius 3 is 2.70 bits per heavy atom. The van der Waals surface area contributed by atoms with E-state index in [-0.39, 0.29) is 31.4 Å². The van der Waals surface area contributed by atoms with Gasteiger partial charge in [0.1, 0.15) is 5.75 Å². The third kappa shape index (κ3) is 5.38. The molecule has 0 saturated carbocycles. The summed E-state index contributed by atoms with van der Waals surface area (Å²) in [7, 11) is 1.30. The van der Waals surface area contributed by atoms with Crippen molar-refractivity contribution in [2.24, 2.45) is 0 Å². The van der Waals surface area contributed by atoms with Crippen molar-refractivity contribution in [1.82, 2.24) is 5.32 Å². The lowest BCUT2D eigenvalue weighted by molar-refractivity contribution is -0.140. The normalized spacial score (nSPS) is 10.0. The van der Waals surface area contributed by atoms with Gasteiger partial charge < -0.3 is 14.8 Å². The van der Waals surface area contributed by atoms with Crippen molar-refractivity contribution in [1.29, 1.82) is 0 Å². The molecule has 0 radical (unpaired) electrons. The second kappa shape index (κ2) is 8.11. The second-order valence-corrected chi connectivity index (χ2v) is 5.32. The summed E-state index contributed by atoms with van der Waals surface area (Å²) < 4.78 is 10.7. The molecule has 0 atom stereocenters. The van der Waals surface area contributed by atoms with E-state index in [1.807, 2.05) is 13.0 Å². The van der Waals surface area contributed by atoms with Crippen LogP contribution in [0.1, 0.15) is 12.0 Å². The molecule has 0 aliphatic carbocycles. The van der Waals surface area contributed by atoms with Gasteiger partial charge in [-0.2, -0.15) is 0 Å². The highest BCUT2D eigenvalue weighted by molar-refractivity contribution is 9.10. The number of benzene rings is 1. The molecular weight excluding hydrogens is 350 g/mol. The van der Waals surface area contributed by atoms with Crippen LogP contribution in [0.4, 0.5) is 0 Å². The van der Waals surface area contributed by atoms with Crippen molar-refractivity contribution >= 4 is 39.4 Å². The van der Waals surface area contributed by atoms with Crippen molar-refractivity contribution < 1.29 is 19.1 Å². The van der Waals surface area contributed by atoms with Gasteiger partial charge in [0, 0.05) is 11.0 Å². The van der Waals surface area contributed by atoms with Gasteiger partial charge in [-0.15, -0.1) is 0 Å². The first-order valence-corrected chi connectivity index (χ1v) is 7.03. The molecule has 0 saturated heterocycles. The van der Waals surface area contributed by atoms with Crippen molar-refractivity contribution in [3.8, 4) is 5.75 Å². The van der Waals surface area contributed by atoms with Gasteiger partial charge >= 0.3 is 5.97 Å². The van der Waals surface area contributed by atoms with Crippen LogP contribution in [-0.4, -0.2) is 32.1 Å². The fourth-order valence-electron chi connectivity index (χ4n) is 1.47. The SMILES string of the molecule is COC(=O)CCNC(=O)COc1c(C)cc(Br)cc1Cl. The Hall–Kier alpha value is -1.27. The van der Waals surface area contributed by atoms with Gasteiger partial charge in [0.2, 0.25) is 0 Å². The number of ether oxygens (including phenoxy) is 2. The van der Waals surface area contributed by atoms with E-state index >= 15 is 0 Å². The molecule has 1 amide bonds. The molecule has 0 bridgehead atoms. The second-order valence-electron chi connectivity index (χ2n) is 4.00. The molecule has 110 valence electrons. The Morgan fingerprint density at radius 1 is 1.40 bits per heavy atom. The largest absolute Gasteiger partial charge is 0.482 e. The number of esters is 1. The smallest absolute Gasteiger partial charge is 0.307 e. The van der Waals surface area contributed by atoms with Gasteiger partial charge in [-0.05, 0) is 24.6 Å². The Kier molecular flexibility index (Phi) is 6.81. The number of carbonyl (C=O) groups is 2. The van der Waals surface area contributed by atoms with Gasteiger partial charge in [-0.3, -0.25) is 9.59 Å². The van der Waals surface area contributed by atoms with Crippen LogP contribution in [-0.2, 0) is 14.3 Å². The number of halogens is 2. The average Bonchev–Trinajstić information content (AvgIpc) is 2.37. The zero-order valence-corrected chi connectivity index (χ0v) is 13.5. The molecule has 1 aromatic carbocycles. The number of amides is 1. The quantitative estimate of drug-likeness (QED) is 0.788. The lowest BCUT2D eigenvalue weighted by Crippen LogP contribution is -2.31. The topological polar surface area (TPSA) is 64.6 Å². The van der Waals surface area contributed by atoms with Gasteiger partial charge in [0.05, 0.1) is 18.6 Å². The molecule has 1 N–H and O–H groups in total. The van der Waals surface area contributed by atoms with Crippen molar-refractivity contribution in [2.45, 2.75) is 13.3 Å². The molecule has 0 fully saturated rings. The fraction of sp³-hybridized carbons (Fsp3) is 0.385. The molecule has 0 aromatic heterocycles. The number of rotatable bonds is 6. The minimum Gasteiger partial charge on any atom is -0.482 e. The highest BCUT2D eigenvalue weighted by atomic mass is 79.9. The minimum atomic E-state index is -0.377. The Balaban J connectivity index is 2.43. The summed E-state index contributed by atoms with van der Waals surface area (Å²) in [5.41, 5.74) is 0.826. The van der Waals surface area contributed by atoms with E-state index in [0.717, 1.165) is 10.0 Å². The molecule has 1 aromatic rings. The highest BCUT2D eigenvalue weighted by Gasteiger charge is 2.10. The van der Waals surface area contributed by atoms with Gasteiger partial charge in [0.25, 0.3) is 5.91 Å². The van der Waals surface area contributed by atoms with E-state index in [2.05, 4.69) is 26.0 Å². The number of hydrogen-bond acceptors (Lipinski definition) is 4. The molecule has 0 unspecified atom stereocenters. The van der Waals surface area contributed by atoms with Crippen molar-refractivity contribution in [2.75, 3.05) is 20.3 Å². The summed E-state index contributed by atoms with van der Waals surface area (Å²) >= 11 is 9.35. The van der Waals surface area contributed by atoms with E-state index in [1.165, 1.54) is 7.11 Å². The van der Waals surface area contributed by atoms with Crippen LogP contribution in [0, 0.1) is 6.92 Å².